The molecule has 5 heteroatoms. The van der Waals surface area contributed by atoms with E-state index in [2.05, 4.69) is 22.1 Å². The van der Waals surface area contributed by atoms with E-state index in [0.717, 1.165) is 16.0 Å². The number of thiazole rings is 1. The third-order valence-corrected chi connectivity index (χ3v) is 3.64. The minimum absolute atomic E-state index is 0.166. The lowest BCUT2D eigenvalue weighted by atomic mass is 10.1. The summed E-state index contributed by atoms with van der Waals surface area (Å²) in [6, 6.07) is 5.61. The Bertz CT molecular complexity index is 695. The number of aryl methyl sites for hydroxylation is 2. The van der Waals surface area contributed by atoms with Crippen molar-refractivity contribution in [3.8, 4) is 11.8 Å². The average molecular weight is 285 g/mol. The van der Waals surface area contributed by atoms with Gasteiger partial charge in [0, 0.05) is 5.56 Å². The second kappa shape index (κ2) is 6.33. The Labute approximate surface area is 122 Å². The van der Waals surface area contributed by atoms with Crippen molar-refractivity contribution in [1.29, 1.82) is 0 Å². The molecule has 0 radical (unpaired) electrons. The molecule has 2 aromatic rings. The maximum atomic E-state index is 12.1. The maximum absolute atomic E-state index is 12.1. The quantitative estimate of drug-likeness (QED) is 0.832. The number of benzene rings is 1. The monoisotopic (exact) mass is 285 g/mol. The number of carbonyl (C=O) groups excluding carboxylic acids is 1. The zero-order valence-corrected chi connectivity index (χ0v) is 12.2. The first-order chi connectivity index (χ1) is 9.60. The number of hydrogen-bond acceptors (Lipinski definition) is 4. The summed E-state index contributed by atoms with van der Waals surface area (Å²) in [4.78, 5) is 17.0. The van der Waals surface area contributed by atoms with Crippen molar-refractivity contribution in [3.05, 3.63) is 46.0 Å². The molecule has 0 aliphatic carbocycles. The highest BCUT2D eigenvalue weighted by Gasteiger charge is 2.09. The van der Waals surface area contributed by atoms with Crippen LogP contribution in [0.15, 0.2) is 24.4 Å². The van der Waals surface area contributed by atoms with Crippen molar-refractivity contribution in [2.24, 2.45) is 5.73 Å². The first-order valence-electron chi connectivity index (χ1n) is 6.13. The Morgan fingerprint density at radius 2 is 2.20 bits per heavy atom. The van der Waals surface area contributed by atoms with Crippen LogP contribution in [0.25, 0.3) is 0 Å². The van der Waals surface area contributed by atoms with Gasteiger partial charge in [0.25, 0.3) is 5.91 Å². The van der Waals surface area contributed by atoms with Crippen molar-refractivity contribution in [1.82, 2.24) is 4.98 Å². The standard InChI is InChI=1S/C15H15N3OS/c1-10-5-6-12(8-11(10)2)14(19)18-15-17-9-13(20-15)4-3-7-16/h5-6,8-9H,7,16H2,1-2H3,(H,17,18,19). The summed E-state index contributed by atoms with van der Waals surface area (Å²) in [6.07, 6.45) is 1.63. The lowest BCUT2D eigenvalue weighted by Gasteiger charge is -2.04. The number of carbonyl (C=O) groups is 1. The minimum Gasteiger partial charge on any atom is -0.320 e. The van der Waals surface area contributed by atoms with E-state index in [1.807, 2.05) is 26.0 Å². The number of nitrogens with one attached hydrogen (secondary N) is 1. The van der Waals surface area contributed by atoms with Gasteiger partial charge in [-0.1, -0.05) is 29.2 Å². The lowest BCUT2D eigenvalue weighted by Crippen LogP contribution is -2.11. The van der Waals surface area contributed by atoms with Crippen LogP contribution >= 0.6 is 11.3 Å². The van der Waals surface area contributed by atoms with Crippen LogP contribution in [0.2, 0.25) is 0 Å². The van der Waals surface area contributed by atoms with Gasteiger partial charge >= 0.3 is 0 Å². The van der Waals surface area contributed by atoms with Gasteiger partial charge in [-0.05, 0) is 37.1 Å². The fourth-order valence-electron chi connectivity index (χ4n) is 1.58. The normalized spacial score (nSPS) is 9.75. The first-order valence-corrected chi connectivity index (χ1v) is 6.95. The Kier molecular flexibility index (Phi) is 4.51. The molecule has 0 bridgehead atoms. The number of aromatic nitrogens is 1. The molecule has 0 spiro atoms. The van der Waals surface area contributed by atoms with E-state index in [4.69, 9.17) is 5.73 Å². The van der Waals surface area contributed by atoms with Gasteiger partial charge in [-0.25, -0.2) is 4.98 Å². The summed E-state index contributed by atoms with van der Waals surface area (Å²) >= 11 is 1.33. The number of nitrogens with two attached hydrogens (primary N) is 1. The van der Waals surface area contributed by atoms with Crippen LogP contribution in [0.3, 0.4) is 0 Å². The topological polar surface area (TPSA) is 68.0 Å². The van der Waals surface area contributed by atoms with Crippen molar-refractivity contribution < 1.29 is 4.79 Å². The summed E-state index contributed by atoms with van der Waals surface area (Å²) in [5.41, 5.74) is 8.18. The van der Waals surface area contributed by atoms with Gasteiger partial charge in [0.05, 0.1) is 17.6 Å². The smallest absolute Gasteiger partial charge is 0.257 e. The zero-order valence-electron chi connectivity index (χ0n) is 11.4. The molecule has 0 saturated heterocycles. The van der Waals surface area contributed by atoms with Crippen molar-refractivity contribution in [3.63, 3.8) is 0 Å². The van der Waals surface area contributed by atoms with Crippen molar-refractivity contribution in [2.75, 3.05) is 11.9 Å². The van der Waals surface area contributed by atoms with E-state index in [-0.39, 0.29) is 5.91 Å². The zero-order chi connectivity index (χ0) is 14.5. The van der Waals surface area contributed by atoms with Crippen LogP contribution in [0, 0.1) is 25.7 Å². The number of rotatable bonds is 2. The summed E-state index contributed by atoms with van der Waals surface area (Å²) in [5.74, 6) is 5.47. The predicted octanol–water partition coefficient (Wildman–Crippen LogP) is 2.32. The molecule has 0 fully saturated rings. The average Bonchev–Trinajstić information content (AvgIpc) is 2.87. The highest BCUT2D eigenvalue weighted by Crippen LogP contribution is 2.18. The molecule has 0 aliphatic heterocycles. The molecule has 2 rings (SSSR count). The first kappa shape index (κ1) is 14.3. The fraction of sp³-hybridized carbons (Fsp3) is 0.200. The van der Waals surface area contributed by atoms with Crippen LogP contribution in [0.4, 0.5) is 5.13 Å². The van der Waals surface area contributed by atoms with Crippen molar-refractivity contribution in [2.45, 2.75) is 13.8 Å². The number of amides is 1. The molecule has 0 saturated carbocycles. The van der Waals surface area contributed by atoms with E-state index in [1.165, 1.54) is 11.3 Å². The maximum Gasteiger partial charge on any atom is 0.257 e. The number of nitrogens with zero attached hydrogens (tertiary/aromatic N) is 1. The minimum atomic E-state index is -0.166. The SMILES string of the molecule is Cc1ccc(C(=O)Nc2ncc(C#CCN)s2)cc1C. The molecule has 0 aliphatic rings. The number of hydrogen-bond donors (Lipinski definition) is 2. The van der Waals surface area contributed by atoms with Crippen LogP contribution in [-0.4, -0.2) is 17.4 Å². The Morgan fingerprint density at radius 3 is 2.90 bits per heavy atom. The summed E-state index contributed by atoms with van der Waals surface area (Å²) in [5, 5.41) is 3.31. The molecule has 20 heavy (non-hydrogen) atoms. The molecule has 1 heterocycles. The molecule has 102 valence electrons. The van der Waals surface area contributed by atoms with Crippen LogP contribution in [0.1, 0.15) is 26.4 Å². The highest BCUT2D eigenvalue weighted by molar-refractivity contribution is 7.16. The summed E-state index contributed by atoms with van der Waals surface area (Å²) in [6.45, 7) is 4.30. The predicted molar refractivity (Wildman–Crippen MR) is 81.9 cm³/mol. The van der Waals surface area contributed by atoms with E-state index < -0.39 is 0 Å². The van der Waals surface area contributed by atoms with Gasteiger partial charge in [-0.2, -0.15) is 0 Å². The Hall–Kier alpha value is -2.16. The Morgan fingerprint density at radius 1 is 1.40 bits per heavy atom. The third-order valence-electron chi connectivity index (χ3n) is 2.81. The molecule has 4 nitrogen and oxygen atoms in total. The molecule has 3 N–H and O–H groups in total. The largest absolute Gasteiger partial charge is 0.320 e. The van der Waals surface area contributed by atoms with E-state index in [1.54, 1.807) is 12.3 Å². The second-order valence-electron chi connectivity index (χ2n) is 4.29. The molecular weight excluding hydrogens is 270 g/mol. The molecule has 1 aromatic heterocycles. The summed E-state index contributed by atoms with van der Waals surface area (Å²) in [7, 11) is 0. The Balaban J connectivity index is 2.11. The molecule has 1 amide bonds. The summed E-state index contributed by atoms with van der Waals surface area (Å²) < 4.78 is 0. The van der Waals surface area contributed by atoms with Gasteiger partial charge in [0.2, 0.25) is 0 Å². The van der Waals surface area contributed by atoms with E-state index in [0.29, 0.717) is 17.2 Å². The highest BCUT2D eigenvalue weighted by atomic mass is 32.1. The van der Waals surface area contributed by atoms with Crippen LogP contribution in [-0.2, 0) is 0 Å². The molecule has 0 atom stereocenters. The van der Waals surface area contributed by atoms with E-state index >= 15 is 0 Å². The van der Waals surface area contributed by atoms with Gasteiger partial charge < -0.3 is 5.73 Å². The fourth-order valence-corrected chi connectivity index (χ4v) is 2.27. The van der Waals surface area contributed by atoms with E-state index in [9.17, 15) is 4.79 Å². The van der Waals surface area contributed by atoms with Gasteiger partial charge in [0.1, 0.15) is 0 Å². The van der Waals surface area contributed by atoms with Crippen LogP contribution in [0.5, 0.6) is 0 Å². The molecule has 1 aromatic carbocycles. The molecular formula is C15H15N3OS. The van der Waals surface area contributed by atoms with Crippen LogP contribution < -0.4 is 11.1 Å². The van der Waals surface area contributed by atoms with Gasteiger partial charge in [0.15, 0.2) is 5.13 Å². The van der Waals surface area contributed by atoms with Gasteiger partial charge in [-0.3, -0.25) is 10.1 Å². The number of anilines is 1. The van der Waals surface area contributed by atoms with Crippen molar-refractivity contribution >= 4 is 22.4 Å². The molecule has 0 unspecified atom stereocenters. The second-order valence-corrected chi connectivity index (χ2v) is 5.32. The third kappa shape index (κ3) is 3.44. The lowest BCUT2D eigenvalue weighted by molar-refractivity contribution is 0.102. The van der Waals surface area contributed by atoms with Gasteiger partial charge in [-0.15, -0.1) is 0 Å².